The fourth-order valence-electron chi connectivity index (χ4n) is 2.00. The first kappa shape index (κ1) is 14.1. The van der Waals surface area contributed by atoms with Crippen LogP contribution in [0.3, 0.4) is 0 Å². The molecule has 0 bridgehead atoms. The summed E-state index contributed by atoms with van der Waals surface area (Å²) in [5.41, 5.74) is 8.45. The van der Waals surface area contributed by atoms with Crippen LogP contribution in [0.25, 0.3) is 11.3 Å². The van der Waals surface area contributed by atoms with Gasteiger partial charge in [-0.25, -0.2) is 9.97 Å². The predicted molar refractivity (Wildman–Crippen MR) is 79.1 cm³/mol. The highest BCUT2D eigenvalue weighted by atomic mass is 16.5. The molecule has 0 unspecified atom stereocenters. The lowest BCUT2D eigenvalue weighted by molar-refractivity contribution is 0.404. The predicted octanol–water partition coefficient (Wildman–Crippen LogP) is 2.61. The number of rotatable bonds is 4. The monoisotopic (exact) mass is 273 g/mol. The van der Waals surface area contributed by atoms with Crippen LogP contribution in [0, 0.1) is 6.92 Å². The molecule has 1 heterocycles. The number of ether oxygens (including phenoxy) is 2. The standard InChI is InChI=1S/C15H19N3O2/c1-5-13-17-14(9(2)15(16)18-13)11-8-10(19-3)6-7-12(11)20-4/h6-8H,5H2,1-4H3,(H2,16,17,18). The molecule has 0 saturated heterocycles. The summed E-state index contributed by atoms with van der Waals surface area (Å²) in [6, 6.07) is 5.60. The van der Waals surface area contributed by atoms with Crippen molar-refractivity contribution in [1.29, 1.82) is 0 Å². The Morgan fingerprint density at radius 1 is 1.15 bits per heavy atom. The molecule has 0 aliphatic rings. The maximum Gasteiger partial charge on any atom is 0.131 e. The molecule has 5 heteroatoms. The molecule has 0 aliphatic carbocycles. The average Bonchev–Trinajstić information content (AvgIpc) is 2.49. The maximum atomic E-state index is 5.97. The molecule has 0 aliphatic heterocycles. The molecule has 2 N–H and O–H groups in total. The molecule has 0 saturated carbocycles. The Morgan fingerprint density at radius 2 is 1.90 bits per heavy atom. The highest BCUT2D eigenvalue weighted by Crippen LogP contribution is 2.35. The van der Waals surface area contributed by atoms with E-state index in [0.29, 0.717) is 11.6 Å². The van der Waals surface area contributed by atoms with Gasteiger partial charge in [0.2, 0.25) is 0 Å². The molecular weight excluding hydrogens is 254 g/mol. The molecule has 5 nitrogen and oxygen atoms in total. The van der Waals surface area contributed by atoms with E-state index in [0.717, 1.165) is 34.7 Å². The first-order valence-corrected chi connectivity index (χ1v) is 6.46. The second-order valence-electron chi connectivity index (χ2n) is 4.42. The molecular formula is C15H19N3O2. The van der Waals surface area contributed by atoms with Gasteiger partial charge >= 0.3 is 0 Å². The van der Waals surface area contributed by atoms with E-state index in [1.807, 2.05) is 32.0 Å². The third kappa shape index (κ3) is 2.52. The van der Waals surface area contributed by atoms with Crippen LogP contribution in [-0.4, -0.2) is 24.2 Å². The SMILES string of the molecule is CCc1nc(N)c(C)c(-c2cc(OC)ccc2OC)n1. The van der Waals surface area contributed by atoms with Gasteiger partial charge in [0, 0.05) is 17.5 Å². The summed E-state index contributed by atoms with van der Waals surface area (Å²) in [6.07, 6.45) is 0.726. The summed E-state index contributed by atoms with van der Waals surface area (Å²) in [5.74, 6) is 2.69. The zero-order chi connectivity index (χ0) is 14.7. The maximum absolute atomic E-state index is 5.97. The zero-order valence-electron chi connectivity index (χ0n) is 12.2. The van der Waals surface area contributed by atoms with Gasteiger partial charge in [-0.05, 0) is 25.1 Å². The van der Waals surface area contributed by atoms with Gasteiger partial charge in [-0.3, -0.25) is 0 Å². The highest BCUT2D eigenvalue weighted by molar-refractivity contribution is 5.74. The molecule has 0 fully saturated rings. The summed E-state index contributed by atoms with van der Waals surface area (Å²) in [4.78, 5) is 8.85. The topological polar surface area (TPSA) is 70.3 Å². The van der Waals surface area contributed by atoms with E-state index < -0.39 is 0 Å². The van der Waals surface area contributed by atoms with Crippen LogP contribution in [0.1, 0.15) is 18.3 Å². The van der Waals surface area contributed by atoms with Gasteiger partial charge in [-0.2, -0.15) is 0 Å². The first-order chi connectivity index (χ1) is 9.60. The van der Waals surface area contributed by atoms with Crippen molar-refractivity contribution in [1.82, 2.24) is 9.97 Å². The van der Waals surface area contributed by atoms with Crippen LogP contribution in [0.5, 0.6) is 11.5 Å². The molecule has 0 atom stereocenters. The second kappa shape index (κ2) is 5.77. The summed E-state index contributed by atoms with van der Waals surface area (Å²) in [5, 5.41) is 0. The smallest absolute Gasteiger partial charge is 0.131 e. The highest BCUT2D eigenvalue weighted by Gasteiger charge is 2.15. The molecule has 20 heavy (non-hydrogen) atoms. The number of hydrogen-bond donors (Lipinski definition) is 1. The van der Waals surface area contributed by atoms with Gasteiger partial charge in [0.1, 0.15) is 23.1 Å². The molecule has 2 aromatic rings. The van der Waals surface area contributed by atoms with Crippen LogP contribution >= 0.6 is 0 Å². The number of benzene rings is 1. The van der Waals surface area contributed by atoms with Crippen molar-refractivity contribution in [2.75, 3.05) is 20.0 Å². The normalized spacial score (nSPS) is 10.4. The average molecular weight is 273 g/mol. The Bertz CT molecular complexity index is 627. The van der Waals surface area contributed by atoms with Gasteiger partial charge in [0.25, 0.3) is 0 Å². The van der Waals surface area contributed by atoms with Crippen molar-refractivity contribution < 1.29 is 9.47 Å². The summed E-state index contributed by atoms with van der Waals surface area (Å²) in [6.45, 7) is 3.90. The van der Waals surface area contributed by atoms with Crippen molar-refractivity contribution >= 4 is 5.82 Å². The summed E-state index contributed by atoms with van der Waals surface area (Å²) < 4.78 is 10.7. The lowest BCUT2D eigenvalue weighted by atomic mass is 10.1. The van der Waals surface area contributed by atoms with Crippen molar-refractivity contribution in [2.45, 2.75) is 20.3 Å². The number of hydrogen-bond acceptors (Lipinski definition) is 5. The number of aromatic nitrogens is 2. The summed E-state index contributed by atoms with van der Waals surface area (Å²) >= 11 is 0. The van der Waals surface area contributed by atoms with Gasteiger partial charge in [-0.1, -0.05) is 6.92 Å². The Labute approximate surface area is 118 Å². The number of nitrogens with two attached hydrogens (primary N) is 1. The van der Waals surface area contributed by atoms with Gasteiger partial charge in [0.05, 0.1) is 19.9 Å². The van der Waals surface area contributed by atoms with Gasteiger partial charge < -0.3 is 15.2 Å². The lowest BCUT2D eigenvalue weighted by Gasteiger charge is -2.13. The number of nitrogens with zero attached hydrogens (tertiary/aromatic N) is 2. The Hall–Kier alpha value is -2.30. The van der Waals surface area contributed by atoms with Crippen molar-refractivity contribution in [3.63, 3.8) is 0 Å². The van der Waals surface area contributed by atoms with E-state index in [1.54, 1.807) is 14.2 Å². The minimum absolute atomic E-state index is 0.497. The van der Waals surface area contributed by atoms with E-state index >= 15 is 0 Å². The van der Waals surface area contributed by atoms with Crippen molar-refractivity contribution in [2.24, 2.45) is 0 Å². The molecule has 1 aromatic heterocycles. The van der Waals surface area contributed by atoms with Crippen molar-refractivity contribution in [3.05, 3.63) is 29.6 Å². The Morgan fingerprint density at radius 3 is 2.50 bits per heavy atom. The van der Waals surface area contributed by atoms with Gasteiger partial charge in [0.15, 0.2) is 0 Å². The van der Waals surface area contributed by atoms with Crippen LogP contribution in [0.2, 0.25) is 0 Å². The Balaban J connectivity index is 2.69. The molecule has 0 radical (unpaired) electrons. The molecule has 0 amide bonds. The van der Waals surface area contributed by atoms with E-state index in [-0.39, 0.29) is 0 Å². The third-order valence-corrected chi connectivity index (χ3v) is 3.21. The first-order valence-electron chi connectivity index (χ1n) is 6.46. The third-order valence-electron chi connectivity index (χ3n) is 3.21. The zero-order valence-corrected chi connectivity index (χ0v) is 12.2. The number of nitrogen functional groups attached to an aromatic ring is 1. The largest absolute Gasteiger partial charge is 0.497 e. The van der Waals surface area contributed by atoms with E-state index in [9.17, 15) is 0 Å². The lowest BCUT2D eigenvalue weighted by Crippen LogP contribution is -2.05. The molecule has 1 aromatic carbocycles. The van der Waals surface area contributed by atoms with Crippen molar-refractivity contribution in [3.8, 4) is 22.8 Å². The number of methoxy groups -OCH3 is 2. The fourth-order valence-corrected chi connectivity index (χ4v) is 2.00. The van der Waals surface area contributed by atoms with E-state index in [1.165, 1.54) is 0 Å². The van der Waals surface area contributed by atoms with Crippen LogP contribution in [0.15, 0.2) is 18.2 Å². The number of aryl methyl sites for hydroxylation is 1. The van der Waals surface area contributed by atoms with Crippen LogP contribution < -0.4 is 15.2 Å². The van der Waals surface area contributed by atoms with E-state index in [4.69, 9.17) is 15.2 Å². The molecule has 2 rings (SSSR count). The molecule has 106 valence electrons. The van der Waals surface area contributed by atoms with Crippen LogP contribution in [-0.2, 0) is 6.42 Å². The quantitative estimate of drug-likeness (QED) is 0.927. The minimum atomic E-state index is 0.497. The Kier molecular flexibility index (Phi) is 4.08. The fraction of sp³-hybridized carbons (Fsp3) is 0.333. The van der Waals surface area contributed by atoms with Crippen LogP contribution in [0.4, 0.5) is 5.82 Å². The second-order valence-corrected chi connectivity index (χ2v) is 4.42. The van der Waals surface area contributed by atoms with Gasteiger partial charge in [-0.15, -0.1) is 0 Å². The molecule has 0 spiro atoms. The number of anilines is 1. The summed E-state index contributed by atoms with van der Waals surface area (Å²) in [7, 11) is 3.26. The minimum Gasteiger partial charge on any atom is -0.497 e. The van der Waals surface area contributed by atoms with E-state index in [2.05, 4.69) is 9.97 Å².